The fraction of sp³-hybridized carbons (Fsp3) is 0.444. The number of carbonyl (C=O) groups is 1. The Labute approximate surface area is 78.8 Å². The van der Waals surface area contributed by atoms with Crippen LogP contribution in [0, 0.1) is 0 Å². The molecule has 0 rings (SSSR count). The number of hydrogen-bond acceptors (Lipinski definition) is 3. The molecule has 0 saturated heterocycles. The van der Waals surface area contributed by atoms with Crippen molar-refractivity contribution in [3.8, 4) is 0 Å². The van der Waals surface area contributed by atoms with Crippen molar-refractivity contribution in [1.29, 1.82) is 0 Å². The highest BCUT2D eigenvalue weighted by atomic mass is 16.3. The van der Waals surface area contributed by atoms with Gasteiger partial charge in [0, 0.05) is 34.3 Å². The molecule has 0 radical (unpaired) electrons. The lowest BCUT2D eigenvalue weighted by molar-refractivity contribution is -0.123. The fourth-order valence-electron chi connectivity index (χ4n) is 0.558. The predicted octanol–water partition coefficient (Wildman–Crippen LogP) is 0.592. The molecule has 0 aromatic carbocycles. The molecule has 13 heavy (non-hydrogen) atoms. The molecule has 0 bridgehead atoms. The van der Waals surface area contributed by atoms with E-state index >= 15 is 0 Å². The van der Waals surface area contributed by atoms with E-state index in [9.17, 15) is 9.90 Å². The first kappa shape index (κ1) is 11.6. The van der Waals surface area contributed by atoms with Crippen LogP contribution < -0.4 is 0 Å². The molecule has 0 atom stereocenters. The molecular formula is C9H16N2O2. The van der Waals surface area contributed by atoms with Gasteiger partial charge in [0.05, 0.1) is 5.70 Å². The number of likely N-dealkylation sites (N-methyl/N-ethyl adjacent to an activating group) is 2. The summed E-state index contributed by atoms with van der Waals surface area (Å²) in [6.45, 7) is 3.60. The Morgan fingerprint density at radius 1 is 1.23 bits per heavy atom. The lowest BCUT2D eigenvalue weighted by Crippen LogP contribution is -2.21. The molecule has 0 aliphatic rings. The number of rotatable bonds is 3. The summed E-state index contributed by atoms with van der Waals surface area (Å²) in [5.41, 5.74) is 0.412. The van der Waals surface area contributed by atoms with Crippen LogP contribution in [0.3, 0.4) is 0 Å². The minimum absolute atomic E-state index is 0.108. The van der Waals surface area contributed by atoms with E-state index in [2.05, 4.69) is 6.58 Å². The number of carbonyl (C=O) groups excluding carboxylic acids is 1. The van der Waals surface area contributed by atoms with Crippen LogP contribution in [0.5, 0.6) is 0 Å². The van der Waals surface area contributed by atoms with Crippen molar-refractivity contribution in [2.24, 2.45) is 0 Å². The van der Waals surface area contributed by atoms with Crippen molar-refractivity contribution in [3.05, 3.63) is 24.1 Å². The van der Waals surface area contributed by atoms with Crippen molar-refractivity contribution in [2.45, 2.75) is 0 Å². The van der Waals surface area contributed by atoms with Crippen LogP contribution in [-0.2, 0) is 4.79 Å². The maximum absolute atomic E-state index is 11.1. The molecule has 0 aromatic heterocycles. The molecular weight excluding hydrogens is 168 g/mol. The Balaban J connectivity index is 4.50. The van der Waals surface area contributed by atoms with E-state index in [4.69, 9.17) is 0 Å². The van der Waals surface area contributed by atoms with Crippen molar-refractivity contribution in [2.75, 3.05) is 28.2 Å². The van der Waals surface area contributed by atoms with Gasteiger partial charge in [0.15, 0.2) is 0 Å². The maximum Gasteiger partial charge on any atom is 0.249 e. The second kappa shape index (κ2) is 4.54. The molecule has 0 spiro atoms. The summed E-state index contributed by atoms with van der Waals surface area (Å²) >= 11 is 0. The van der Waals surface area contributed by atoms with Gasteiger partial charge in [0.1, 0.15) is 5.76 Å². The second-order valence-corrected chi connectivity index (χ2v) is 3.10. The molecule has 4 heteroatoms. The molecule has 0 fully saturated rings. The van der Waals surface area contributed by atoms with Gasteiger partial charge in [-0.3, -0.25) is 4.79 Å². The van der Waals surface area contributed by atoms with E-state index in [0.717, 1.165) is 6.08 Å². The van der Waals surface area contributed by atoms with E-state index in [1.165, 1.54) is 4.90 Å². The van der Waals surface area contributed by atoms with Crippen LogP contribution in [0.25, 0.3) is 0 Å². The summed E-state index contributed by atoms with van der Waals surface area (Å²) < 4.78 is 0. The summed E-state index contributed by atoms with van der Waals surface area (Å²) in [6, 6.07) is 0. The van der Waals surface area contributed by atoms with Gasteiger partial charge < -0.3 is 14.9 Å². The lowest BCUT2D eigenvalue weighted by atomic mass is 10.3. The largest absolute Gasteiger partial charge is 0.506 e. The third kappa shape index (κ3) is 3.64. The molecule has 0 aliphatic heterocycles. The smallest absolute Gasteiger partial charge is 0.249 e. The summed E-state index contributed by atoms with van der Waals surface area (Å²) in [4.78, 5) is 14.1. The van der Waals surface area contributed by atoms with Gasteiger partial charge in [-0.15, -0.1) is 0 Å². The van der Waals surface area contributed by atoms with E-state index in [1.807, 2.05) is 0 Å². The zero-order valence-corrected chi connectivity index (χ0v) is 8.53. The molecule has 74 valence electrons. The molecule has 0 saturated carbocycles. The molecule has 1 amide bonds. The highest BCUT2D eigenvalue weighted by Crippen LogP contribution is 2.06. The zero-order chi connectivity index (χ0) is 10.6. The number of aliphatic hydroxyl groups is 1. The van der Waals surface area contributed by atoms with Gasteiger partial charge in [-0.25, -0.2) is 0 Å². The third-order valence-corrected chi connectivity index (χ3v) is 1.54. The van der Waals surface area contributed by atoms with Gasteiger partial charge in [-0.2, -0.15) is 0 Å². The molecule has 1 N–H and O–H groups in total. The average molecular weight is 184 g/mol. The first-order chi connectivity index (χ1) is 5.86. The lowest BCUT2D eigenvalue weighted by Gasteiger charge is -2.15. The van der Waals surface area contributed by atoms with Gasteiger partial charge in [0.2, 0.25) is 5.91 Å². The van der Waals surface area contributed by atoms with Gasteiger partial charge >= 0.3 is 0 Å². The molecule has 0 aliphatic carbocycles. The van der Waals surface area contributed by atoms with E-state index in [0.29, 0.717) is 5.70 Å². The Morgan fingerprint density at radius 3 is 2.00 bits per heavy atom. The second-order valence-electron chi connectivity index (χ2n) is 3.10. The molecule has 0 unspecified atom stereocenters. The van der Waals surface area contributed by atoms with Gasteiger partial charge in [0.25, 0.3) is 0 Å². The van der Waals surface area contributed by atoms with Gasteiger partial charge in [-0.1, -0.05) is 6.58 Å². The maximum atomic E-state index is 11.1. The molecule has 4 nitrogen and oxygen atoms in total. The van der Waals surface area contributed by atoms with Crippen LogP contribution in [0.4, 0.5) is 0 Å². The van der Waals surface area contributed by atoms with Crippen LogP contribution in [0.1, 0.15) is 0 Å². The normalized spacial score (nSPS) is 10.9. The van der Waals surface area contributed by atoms with Crippen LogP contribution in [-0.4, -0.2) is 49.0 Å². The van der Waals surface area contributed by atoms with E-state index in [1.54, 1.807) is 33.1 Å². The average Bonchev–Trinajstić information content (AvgIpc) is 2.02. The molecule has 0 aromatic rings. The Morgan fingerprint density at radius 2 is 1.69 bits per heavy atom. The van der Waals surface area contributed by atoms with Crippen molar-refractivity contribution < 1.29 is 9.90 Å². The van der Waals surface area contributed by atoms with E-state index < -0.39 is 0 Å². The first-order valence-electron chi connectivity index (χ1n) is 3.84. The Bertz CT molecular complexity index is 242. The quantitative estimate of drug-likeness (QED) is 0.396. The van der Waals surface area contributed by atoms with Crippen LogP contribution >= 0.6 is 0 Å². The van der Waals surface area contributed by atoms with Crippen molar-refractivity contribution >= 4 is 5.91 Å². The third-order valence-electron chi connectivity index (χ3n) is 1.54. The minimum Gasteiger partial charge on any atom is -0.506 e. The van der Waals surface area contributed by atoms with Crippen LogP contribution in [0.15, 0.2) is 24.1 Å². The predicted molar refractivity (Wildman–Crippen MR) is 52.2 cm³/mol. The number of aliphatic hydroxyl groups excluding tert-OH is 1. The highest BCUT2D eigenvalue weighted by molar-refractivity contribution is 5.88. The highest BCUT2D eigenvalue weighted by Gasteiger charge is 2.06. The minimum atomic E-state index is -0.263. The van der Waals surface area contributed by atoms with Crippen molar-refractivity contribution in [1.82, 2.24) is 9.80 Å². The summed E-state index contributed by atoms with van der Waals surface area (Å²) in [5.74, 6) is -0.371. The number of amides is 1. The summed E-state index contributed by atoms with van der Waals surface area (Å²) in [7, 11) is 6.72. The summed E-state index contributed by atoms with van der Waals surface area (Å²) in [5, 5.41) is 9.38. The SMILES string of the molecule is C=C(/C(O)=C/C(=O)N(C)C)N(C)C. The Kier molecular flexibility index (Phi) is 4.04. The fourth-order valence-corrected chi connectivity index (χ4v) is 0.558. The summed E-state index contributed by atoms with van der Waals surface area (Å²) in [6.07, 6.45) is 1.14. The monoisotopic (exact) mass is 184 g/mol. The van der Waals surface area contributed by atoms with E-state index in [-0.39, 0.29) is 11.7 Å². The Hall–Kier alpha value is -1.45. The number of hydrogen-bond donors (Lipinski definition) is 1. The standard InChI is InChI=1S/C9H16N2O2/c1-7(10(2)3)8(12)6-9(13)11(4)5/h6,12H,1H2,2-5H3/b8-6-. The number of nitrogens with zero attached hydrogens (tertiary/aromatic N) is 2. The topological polar surface area (TPSA) is 43.8 Å². The van der Waals surface area contributed by atoms with Crippen molar-refractivity contribution in [3.63, 3.8) is 0 Å². The zero-order valence-electron chi connectivity index (χ0n) is 8.53. The van der Waals surface area contributed by atoms with Crippen LogP contribution in [0.2, 0.25) is 0 Å². The first-order valence-corrected chi connectivity index (χ1v) is 3.84. The van der Waals surface area contributed by atoms with Gasteiger partial charge in [-0.05, 0) is 0 Å². The molecule has 0 heterocycles.